The number of carbonyl (C=O) groups excluding carboxylic acids is 2. The van der Waals surface area contributed by atoms with Gasteiger partial charge in [-0.25, -0.2) is 0 Å². The van der Waals surface area contributed by atoms with Gasteiger partial charge in [0, 0.05) is 24.5 Å². The number of hydrogen-bond acceptors (Lipinski definition) is 5. The van der Waals surface area contributed by atoms with E-state index in [2.05, 4.69) is 24.1 Å². The molecule has 0 aliphatic carbocycles. The maximum atomic E-state index is 12.7. The van der Waals surface area contributed by atoms with Crippen LogP contribution in [0.4, 0.5) is 16.2 Å². The Bertz CT molecular complexity index is 934. The van der Waals surface area contributed by atoms with Crippen molar-refractivity contribution >= 4 is 40.4 Å². The molecule has 0 bridgehead atoms. The van der Waals surface area contributed by atoms with Crippen molar-refractivity contribution in [3.8, 4) is 0 Å². The Labute approximate surface area is 176 Å². The Morgan fingerprint density at radius 1 is 1.03 bits per heavy atom. The molecule has 29 heavy (non-hydrogen) atoms. The summed E-state index contributed by atoms with van der Waals surface area (Å²) in [6, 6.07) is 14.0. The van der Waals surface area contributed by atoms with Gasteiger partial charge in [0.05, 0.1) is 11.6 Å². The number of amides is 2. The molecular formula is C23H27N3O2S. The van der Waals surface area contributed by atoms with Crippen LogP contribution in [0.15, 0.2) is 47.4 Å². The molecule has 0 aromatic heterocycles. The molecule has 1 fully saturated rings. The van der Waals surface area contributed by atoms with Gasteiger partial charge in [0.15, 0.2) is 0 Å². The van der Waals surface area contributed by atoms with E-state index < -0.39 is 0 Å². The van der Waals surface area contributed by atoms with Gasteiger partial charge >= 0.3 is 0 Å². The molecule has 6 heteroatoms. The van der Waals surface area contributed by atoms with Crippen molar-refractivity contribution in [3.05, 3.63) is 64.1 Å². The van der Waals surface area contributed by atoms with Gasteiger partial charge in [-0.3, -0.25) is 14.5 Å². The number of thioether (sulfide) groups is 1. The van der Waals surface area contributed by atoms with Crippen LogP contribution >= 0.6 is 11.8 Å². The molecule has 0 saturated carbocycles. The molecule has 1 N–H and O–H groups in total. The van der Waals surface area contributed by atoms with Crippen molar-refractivity contribution in [2.75, 3.05) is 30.0 Å². The monoisotopic (exact) mass is 409 g/mol. The maximum absolute atomic E-state index is 12.7. The number of anilines is 2. The molecule has 1 aliphatic heterocycles. The number of carbonyl (C=O) groups is 2. The molecule has 0 radical (unpaired) electrons. The second-order valence-electron chi connectivity index (χ2n) is 6.96. The smallest absolute Gasteiger partial charge is 0.295 e. The van der Waals surface area contributed by atoms with Crippen molar-refractivity contribution in [3.63, 3.8) is 0 Å². The van der Waals surface area contributed by atoms with Crippen molar-refractivity contribution in [2.24, 2.45) is 0 Å². The fourth-order valence-corrected chi connectivity index (χ4v) is 4.10. The molecule has 2 amide bonds. The molecule has 2 aromatic carbocycles. The van der Waals surface area contributed by atoms with Crippen LogP contribution in [0, 0.1) is 13.8 Å². The minimum absolute atomic E-state index is 0.160. The zero-order valence-electron chi connectivity index (χ0n) is 17.4. The van der Waals surface area contributed by atoms with E-state index in [9.17, 15) is 9.59 Å². The Morgan fingerprint density at radius 2 is 1.72 bits per heavy atom. The van der Waals surface area contributed by atoms with Gasteiger partial charge in [0.1, 0.15) is 0 Å². The molecule has 1 saturated heterocycles. The zero-order chi connectivity index (χ0) is 21.0. The average Bonchev–Trinajstić information content (AvgIpc) is 2.98. The first-order chi connectivity index (χ1) is 13.9. The lowest BCUT2D eigenvalue weighted by Gasteiger charge is -2.20. The van der Waals surface area contributed by atoms with Gasteiger partial charge in [-0.1, -0.05) is 24.3 Å². The number of aryl methyl sites for hydroxylation is 1. The minimum Gasteiger partial charge on any atom is -0.372 e. The summed E-state index contributed by atoms with van der Waals surface area (Å²) >= 11 is 0.987. The largest absolute Gasteiger partial charge is 0.372 e. The van der Waals surface area contributed by atoms with E-state index in [0.29, 0.717) is 4.91 Å². The van der Waals surface area contributed by atoms with E-state index in [-0.39, 0.29) is 17.8 Å². The Morgan fingerprint density at radius 3 is 2.38 bits per heavy atom. The fraction of sp³-hybridized carbons (Fsp3) is 0.304. The first-order valence-electron chi connectivity index (χ1n) is 9.85. The summed E-state index contributed by atoms with van der Waals surface area (Å²) in [5.74, 6) is -0.259. The van der Waals surface area contributed by atoms with E-state index in [0.717, 1.165) is 52.9 Å². The molecule has 5 nitrogen and oxygen atoms in total. The van der Waals surface area contributed by atoms with Gasteiger partial charge in [-0.15, -0.1) is 0 Å². The van der Waals surface area contributed by atoms with E-state index in [4.69, 9.17) is 0 Å². The number of rotatable bonds is 7. The highest BCUT2D eigenvalue weighted by Gasteiger charge is 2.34. The van der Waals surface area contributed by atoms with E-state index in [1.807, 2.05) is 56.3 Å². The topological polar surface area (TPSA) is 52.7 Å². The number of benzene rings is 2. The first kappa shape index (κ1) is 21.0. The third-order valence-corrected chi connectivity index (χ3v) is 6.13. The number of nitrogens with one attached hydrogen (secondary N) is 1. The van der Waals surface area contributed by atoms with Crippen LogP contribution in [0.3, 0.4) is 0 Å². The van der Waals surface area contributed by atoms with E-state index >= 15 is 0 Å². The molecular weight excluding hydrogens is 382 g/mol. The minimum atomic E-state index is -0.259. The molecule has 1 aliphatic rings. The van der Waals surface area contributed by atoms with E-state index in [1.165, 1.54) is 4.90 Å². The average molecular weight is 410 g/mol. The molecule has 3 rings (SSSR count). The fourth-order valence-electron chi connectivity index (χ4n) is 3.26. The highest BCUT2D eigenvalue weighted by Crippen LogP contribution is 2.32. The Hall–Kier alpha value is -2.73. The maximum Gasteiger partial charge on any atom is 0.295 e. The van der Waals surface area contributed by atoms with Gasteiger partial charge in [0.25, 0.3) is 11.1 Å². The standard InChI is InChI=1S/C23H27N3O2S/c1-5-25(6-2)19-12-10-18(11-13-19)14-21-22(27)26(23(28)29-21)15-24-20-9-7-8-16(3)17(20)4/h7-14,24H,5-6,15H2,1-4H3/b21-14+. The molecule has 0 spiro atoms. The predicted octanol–water partition coefficient (Wildman–Crippen LogP) is 5.26. The normalized spacial score (nSPS) is 15.3. The van der Waals surface area contributed by atoms with Crippen molar-refractivity contribution in [2.45, 2.75) is 27.7 Å². The molecule has 152 valence electrons. The SMILES string of the molecule is CCN(CC)c1ccc(/C=C2/SC(=O)N(CNc3cccc(C)c3C)C2=O)cc1. The summed E-state index contributed by atoms with van der Waals surface area (Å²) < 4.78 is 0. The van der Waals surface area contributed by atoms with Gasteiger partial charge in [-0.05, 0) is 80.4 Å². The first-order valence-corrected chi connectivity index (χ1v) is 10.7. The number of nitrogens with zero attached hydrogens (tertiary/aromatic N) is 2. The van der Waals surface area contributed by atoms with Crippen LogP contribution in [-0.4, -0.2) is 35.8 Å². The van der Waals surface area contributed by atoms with Crippen LogP contribution < -0.4 is 10.2 Å². The number of imide groups is 1. The molecule has 1 heterocycles. The molecule has 2 aromatic rings. The van der Waals surface area contributed by atoms with Crippen LogP contribution in [0.1, 0.15) is 30.5 Å². The summed E-state index contributed by atoms with van der Waals surface area (Å²) in [7, 11) is 0. The lowest BCUT2D eigenvalue weighted by Crippen LogP contribution is -2.33. The summed E-state index contributed by atoms with van der Waals surface area (Å²) in [6.07, 6.45) is 1.79. The van der Waals surface area contributed by atoms with Gasteiger partial charge in [-0.2, -0.15) is 0 Å². The summed E-state index contributed by atoms with van der Waals surface area (Å²) in [6.45, 7) is 10.4. The molecule has 0 atom stereocenters. The summed E-state index contributed by atoms with van der Waals surface area (Å²) in [5, 5.41) is 2.96. The van der Waals surface area contributed by atoms with Gasteiger partial charge in [0.2, 0.25) is 0 Å². The predicted molar refractivity (Wildman–Crippen MR) is 122 cm³/mol. The van der Waals surface area contributed by atoms with E-state index in [1.54, 1.807) is 6.08 Å². The van der Waals surface area contributed by atoms with Crippen molar-refractivity contribution in [1.29, 1.82) is 0 Å². The number of hydrogen-bond donors (Lipinski definition) is 1. The third-order valence-electron chi connectivity index (χ3n) is 5.23. The van der Waals surface area contributed by atoms with Crippen LogP contribution in [0.2, 0.25) is 0 Å². The van der Waals surface area contributed by atoms with Crippen LogP contribution in [-0.2, 0) is 4.79 Å². The zero-order valence-corrected chi connectivity index (χ0v) is 18.2. The molecule has 0 unspecified atom stereocenters. The second-order valence-corrected chi connectivity index (χ2v) is 7.95. The lowest BCUT2D eigenvalue weighted by molar-refractivity contribution is -0.122. The summed E-state index contributed by atoms with van der Waals surface area (Å²) in [4.78, 5) is 29.1. The quantitative estimate of drug-likeness (QED) is 0.633. The van der Waals surface area contributed by atoms with Crippen molar-refractivity contribution < 1.29 is 9.59 Å². The second kappa shape index (κ2) is 9.18. The lowest BCUT2D eigenvalue weighted by atomic mass is 10.1. The Kier molecular flexibility index (Phi) is 6.64. The van der Waals surface area contributed by atoms with Crippen LogP contribution in [0.5, 0.6) is 0 Å². The summed E-state index contributed by atoms with van der Waals surface area (Å²) in [5.41, 5.74) is 5.27. The third kappa shape index (κ3) is 4.65. The Balaban J connectivity index is 1.70. The highest BCUT2D eigenvalue weighted by atomic mass is 32.2. The van der Waals surface area contributed by atoms with Crippen molar-refractivity contribution in [1.82, 2.24) is 4.90 Å². The van der Waals surface area contributed by atoms with Crippen LogP contribution in [0.25, 0.3) is 6.08 Å². The van der Waals surface area contributed by atoms with Gasteiger partial charge < -0.3 is 10.2 Å². The highest BCUT2D eigenvalue weighted by molar-refractivity contribution is 8.18.